The number of hydrogen-bond acceptors (Lipinski definition) is 4. The summed E-state index contributed by atoms with van der Waals surface area (Å²) in [6.07, 6.45) is 0. The van der Waals surface area contributed by atoms with Crippen molar-refractivity contribution in [2.45, 2.75) is 0 Å². The lowest BCUT2D eigenvalue weighted by Gasteiger charge is -2.10. The van der Waals surface area contributed by atoms with E-state index in [0.717, 1.165) is 38.3 Å². The van der Waals surface area contributed by atoms with Crippen molar-refractivity contribution in [3.05, 3.63) is 115 Å². The Bertz CT molecular complexity index is 2270. The van der Waals surface area contributed by atoms with Crippen LogP contribution in [0.1, 0.15) is 5.69 Å². The van der Waals surface area contributed by atoms with Gasteiger partial charge in [-0.25, -0.2) is 9.97 Å². The van der Waals surface area contributed by atoms with E-state index >= 15 is 0 Å². The molecular weight excluding hydrogens is 484 g/mol. The van der Waals surface area contributed by atoms with Crippen LogP contribution in [0.5, 0.6) is 0 Å². The Kier molecular flexibility index (Phi) is 4.42. The fourth-order valence-electron chi connectivity index (χ4n) is 5.62. The molecule has 8 aromatic rings. The van der Waals surface area contributed by atoms with E-state index in [2.05, 4.69) is 89.5 Å². The Labute approximate surface area is 221 Å². The van der Waals surface area contributed by atoms with Crippen molar-refractivity contribution >= 4 is 64.2 Å². The molecule has 4 nitrogen and oxygen atoms in total. The van der Waals surface area contributed by atoms with Crippen LogP contribution in [0.25, 0.3) is 70.0 Å². The van der Waals surface area contributed by atoms with E-state index in [1.54, 1.807) is 0 Å². The van der Waals surface area contributed by atoms with Gasteiger partial charge < -0.3 is 0 Å². The van der Waals surface area contributed by atoms with E-state index in [1.807, 2.05) is 41.7 Å². The second-order valence-electron chi connectivity index (χ2n) is 9.36. The molecule has 0 unspecified atom stereocenters. The first kappa shape index (κ1) is 21.1. The summed E-state index contributed by atoms with van der Waals surface area (Å²) in [5.41, 5.74) is 5.50. The van der Waals surface area contributed by atoms with Gasteiger partial charge in [0.2, 0.25) is 5.95 Å². The third-order valence-electron chi connectivity index (χ3n) is 7.28. The fourth-order valence-corrected chi connectivity index (χ4v) is 6.75. The number of rotatable bonds is 2. The average Bonchev–Trinajstić information content (AvgIpc) is 3.52. The molecule has 38 heavy (non-hydrogen) atoms. The monoisotopic (exact) mass is 502 g/mol. The van der Waals surface area contributed by atoms with Crippen LogP contribution in [0.4, 0.5) is 0 Å². The molecule has 0 bridgehead atoms. The molecule has 176 valence electrons. The van der Waals surface area contributed by atoms with E-state index in [-0.39, 0.29) is 0 Å². The number of hydrogen-bond donors (Lipinski definition) is 0. The maximum Gasteiger partial charge on any atom is 0.236 e. The lowest BCUT2D eigenvalue weighted by atomic mass is 9.98. The predicted molar refractivity (Wildman–Crippen MR) is 157 cm³/mol. The quantitative estimate of drug-likeness (QED) is 0.238. The molecule has 0 fully saturated rings. The van der Waals surface area contributed by atoms with E-state index in [0.29, 0.717) is 11.6 Å². The molecule has 0 amide bonds. The van der Waals surface area contributed by atoms with Crippen LogP contribution in [-0.2, 0) is 0 Å². The number of aromatic nitrogens is 3. The molecule has 0 saturated heterocycles. The molecule has 0 aliphatic rings. The molecule has 0 saturated carbocycles. The van der Waals surface area contributed by atoms with Crippen molar-refractivity contribution in [1.29, 1.82) is 5.26 Å². The molecule has 5 aromatic carbocycles. The molecule has 0 radical (unpaired) electrons. The summed E-state index contributed by atoms with van der Waals surface area (Å²) in [6, 6.07) is 40.1. The summed E-state index contributed by atoms with van der Waals surface area (Å²) < 4.78 is 4.66. The second kappa shape index (κ2) is 7.97. The molecule has 0 aliphatic heterocycles. The first-order valence-electron chi connectivity index (χ1n) is 12.4. The van der Waals surface area contributed by atoms with Gasteiger partial charge in [0.25, 0.3) is 0 Å². The standard InChI is InChI=1S/C33H18N4S/c34-19-27-24-9-1-4-12-26(24)35-33(36-27)37-28-13-5-2-8-22(28)23-17-16-20(18-29(23)37)21-11-7-15-31-32(21)25-10-3-6-14-30(25)38-31/h1-18H. The van der Waals surface area contributed by atoms with Gasteiger partial charge in [0.05, 0.1) is 16.6 Å². The summed E-state index contributed by atoms with van der Waals surface area (Å²) in [6.45, 7) is 0. The summed E-state index contributed by atoms with van der Waals surface area (Å²) in [5, 5.41) is 15.5. The zero-order chi connectivity index (χ0) is 25.2. The highest BCUT2D eigenvalue weighted by Gasteiger charge is 2.18. The number of nitrogens with zero attached hydrogens (tertiary/aromatic N) is 4. The normalized spacial score (nSPS) is 11.7. The van der Waals surface area contributed by atoms with Crippen LogP contribution >= 0.6 is 11.3 Å². The minimum Gasteiger partial charge on any atom is -0.278 e. The molecule has 0 N–H and O–H groups in total. The topological polar surface area (TPSA) is 54.5 Å². The van der Waals surface area contributed by atoms with Gasteiger partial charge in [0.15, 0.2) is 5.69 Å². The first-order chi connectivity index (χ1) is 18.8. The lowest BCUT2D eigenvalue weighted by Crippen LogP contribution is -2.03. The van der Waals surface area contributed by atoms with E-state index < -0.39 is 0 Å². The van der Waals surface area contributed by atoms with Crippen LogP contribution in [-0.4, -0.2) is 14.5 Å². The number of para-hydroxylation sites is 2. The molecule has 0 aliphatic carbocycles. The van der Waals surface area contributed by atoms with Gasteiger partial charge in [-0.1, -0.05) is 72.8 Å². The average molecular weight is 503 g/mol. The van der Waals surface area contributed by atoms with Crippen molar-refractivity contribution in [2.24, 2.45) is 0 Å². The number of thiophene rings is 1. The number of fused-ring (bicyclic) bond motifs is 7. The summed E-state index contributed by atoms with van der Waals surface area (Å²) in [7, 11) is 0. The molecule has 3 heterocycles. The zero-order valence-electron chi connectivity index (χ0n) is 20.1. The molecule has 5 heteroatoms. The number of nitriles is 1. The Morgan fingerprint density at radius 3 is 2.26 bits per heavy atom. The van der Waals surface area contributed by atoms with Gasteiger partial charge in [-0.15, -0.1) is 11.3 Å². The molecule has 0 atom stereocenters. The Morgan fingerprint density at radius 1 is 0.632 bits per heavy atom. The SMILES string of the molecule is N#Cc1nc(-n2c3ccccc3c3ccc(-c4cccc5sc6ccccc6c45)cc32)nc2ccccc12. The van der Waals surface area contributed by atoms with E-state index in [1.165, 1.54) is 25.7 Å². The van der Waals surface area contributed by atoms with E-state index in [4.69, 9.17) is 9.97 Å². The minimum atomic E-state index is 0.377. The minimum absolute atomic E-state index is 0.377. The van der Waals surface area contributed by atoms with Gasteiger partial charge in [-0.2, -0.15) is 5.26 Å². The highest BCUT2D eigenvalue weighted by molar-refractivity contribution is 7.25. The van der Waals surface area contributed by atoms with Crippen LogP contribution in [0.15, 0.2) is 109 Å². The van der Waals surface area contributed by atoms with Gasteiger partial charge in [-0.3, -0.25) is 4.57 Å². The van der Waals surface area contributed by atoms with Crippen molar-refractivity contribution < 1.29 is 0 Å². The third kappa shape index (κ3) is 2.95. The van der Waals surface area contributed by atoms with Crippen molar-refractivity contribution in [3.8, 4) is 23.1 Å². The largest absolute Gasteiger partial charge is 0.278 e. The molecule has 8 rings (SSSR count). The molecular formula is C33H18N4S. The molecule has 0 spiro atoms. The zero-order valence-corrected chi connectivity index (χ0v) is 20.9. The summed E-state index contributed by atoms with van der Waals surface area (Å²) in [5.74, 6) is 0.503. The molecule has 3 aromatic heterocycles. The second-order valence-corrected chi connectivity index (χ2v) is 10.4. The van der Waals surface area contributed by atoms with Crippen molar-refractivity contribution in [2.75, 3.05) is 0 Å². The fraction of sp³-hybridized carbons (Fsp3) is 0. The Morgan fingerprint density at radius 2 is 1.37 bits per heavy atom. The third-order valence-corrected chi connectivity index (χ3v) is 8.42. The summed E-state index contributed by atoms with van der Waals surface area (Å²) >= 11 is 1.83. The number of benzene rings is 5. The highest BCUT2D eigenvalue weighted by atomic mass is 32.1. The smallest absolute Gasteiger partial charge is 0.236 e. The van der Waals surface area contributed by atoms with E-state index in [9.17, 15) is 5.26 Å². The van der Waals surface area contributed by atoms with Crippen LogP contribution < -0.4 is 0 Å². The Balaban J connectivity index is 1.47. The van der Waals surface area contributed by atoms with Gasteiger partial charge >= 0.3 is 0 Å². The van der Waals surface area contributed by atoms with Gasteiger partial charge in [0, 0.05) is 36.3 Å². The van der Waals surface area contributed by atoms with Crippen LogP contribution in [0.3, 0.4) is 0 Å². The highest BCUT2D eigenvalue weighted by Crippen LogP contribution is 2.41. The van der Waals surface area contributed by atoms with Crippen LogP contribution in [0, 0.1) is 11.3 Å². The van der Waals surface area contributed by atoms with Gasteiger partial charge in [0.1, 0.15) is 6.07 Å². The van der Waals surface area contributed by atoms with Crippen LogP contribution in [0.2, 0.25) is 0 Å². The maximum absolute atomic E-state index is 9.90. The lowest BCUT2D eigenvalue weighted by molar-refractivity contribution is 1.00. The first-order valence-corrected chi connectivity index (χ1v) is 13.2. The summed E-state index contributed by atoms with van der Waals surface area (Å²) in [4.78, 5) is 9.65. The Hall–Kier alpha value is -5.05. The maximum atomic E-state index is 9.90. The van der Waals surface area contributed by atoms with Gasteiger partial charge in [-0.05, 0) is 47.5 Å². The van der Waals surface area contributed by atoms with Crippen molar-refractivity contribution in [3.63, 3.8) is 0 Å². The predicted octanol–water partition coefficient (Wildman–Crippen LogP) is 8.63. The van der Waals surface area contributed by atoms with Crippen molar-refractivity contribution in [1.82, 2.24) is 14.5 Å².